The molecule has 0 amide bonds. The highest BCUT2D eigenvalue weighted by Crippen LogP contribution is 2.40. The normalized spacial score (nSPS) is 14.9. The van der Waals surface area contributed by atoms with E-state index in [1.807, 2.05) is 53.2 Å². The lowest BCUT2D eigenvalue weighted by Gasteiger charge is -2.29. The fourth-order valence-electron chi connectivity index (χ4n) is 3.48. The van der Waals surface area contributed by atoms with E-state index in [0.717, 1.165) is 33.8 Å². The molecule has 0 spiro atoms. The molecule has 2 N–H and O–H groups in total. The van der Waals surface area contributed by atoms with E-state index >= 15 is 0 Å². The van der Waals surface area contributed by atoms with Crippen LogP contribution in [0, 0.1) is 0 Å². The van der Waals surface area contributed by atoms with Crippen molar-refractivity contribution in [1.82, 2.24) is 9.78 Å². The zero-order chi connectivity index (χ0) is 18.4. The Hall–Kier alpha value is -3.24. The fraction of sp³-hybridized carbons (Fsp3) is 0.0455. The van der Waals surface area contributed by atoms with Crippen LogP contribution in [0.4, 0.5) is 5.69 Å². The number of fused-ring (bicyclic) bond motifs is 3. The summed E-state index contributed by atoms with van der Waals surface area (Å²) in [6.45, 7) is 0. The Bertz CT molecular complexity index is 1120. The number of aromatic nitrogens is 2. The lowest BCUT2D eigenvalue weighted by atomic mass is 10.0. The zero-order valence-electron chi connectivity index (χ0n) is 14.3. The molecule has 4 nitrogen and oxygen atoms in total. The number of aromatic hydroxyl groups is 1. The van der Waals surface area contributed by atoms with Crippen LogP contribution < -0.4 is 5.32 Å². The molecule has 1 unspecified atom stereocenters. The standard InChI is InChI=1S/C22H16ClN3O/c23-16-9-5-14(6-10-16)20-13-21-18-3-1-2-4-19(18)24-22(26(21)25-20)15-7-11-17(27)12-8-15/h1-13,22,24,27H. The minimum absolute atomic E-state index is 0.156. The number of nitrogens with one attached hydrogen (secondary N) is 1. The van der Waals surface area contributed by atoms with Gasteiger partial charge in [0.1, 0.15) is 11.9 Å². The number of halogens is 1. The van der Waals surface area contributed by atoms with E-state index in [0.29, 0.717) is 5.02 Å². The summed E-state index contributed by atoms with van der Waals surface area (Å²) in [5, 5.41) is 18.8. The van der Waals surface area contributed by atoms with Gasteiger partial charge in [-0.3, -0.25) is 0 Å². The van der Waals surface area contributed by atoms with Gasteiger partial charge in [0.2, 0.25) is 0 Å². The summed E-state index contributed by atoms with van der Waals surface area (Å²) in [6.07, 6.45) is -0.156. The van der Waals surface area contributed by atoms with Gasteiger partial charge in [-0.25, -0.2) is 4.68 Å². The van der Waals surface area contributed by atoms with Gasteiger partial charge in [-0.1, -0.05) is 54.1 Å². The van der Waals surface area contributed by atoms with Crippen LogP contribution in [-0.2, 0) is 0 Å². The number of hydrogen-bond acceptors (Lipinski definition) is 3. The third kappa shape index (κ3) is 2.75. The van der Waals surface area contributed by atoms with Gasteiger partial charge in [-0.15, -0.1) is 0 Å². The van der Waals surface area contributed by atoms with E-state index in [1.165, 1.54) is 0 Å². The maximum absolute atomic E-state index is 9.63. The van der Waals surface area contributed by atoms with Crippen LogP contribution in [0.5, 0.6) is 5.75 Å². The first-order valence-corrected chi connectivity index (χ1v) is 9.07. The predicted octanol–water partition coefficient (Wildman–Crippen LogP) is 5.55. The van der Waals surface area contributed by atoms with Crippen LogP contribution in [-0.4, -0.2) is 14.9 Å². The number of phenolic OH excluding ortho intramolecular Hbond substituents is 1. The second-order valence-electron chi connectivity index (χ2n) is 6.55. The Morgan fingerprint density at radius 1 is 0.926 bits per heavy atom. The highest BCUT2D eigenvalue weighted by Gasteiger charge is 2.27. The Kier molecular flexibility index (Phi) is 3.66. The smallest absolute Gasteiger partial charge is 0.147 e. The zero-order valence-corrected chi connectivity index (χ0v) is 15.1. The molecule has 0 fully saturated rings. The second kappa shape index (κ2) is 6.18. The summed E-state index contributed by atoms with van der Waals surface area (Å²) in [4.78, 5) is 0. The third-order valence-corrected chi connectivity index (χ3v) is 5.08. The largest absolute Gasteiger partial charge is 0.508 e. The molecular formula is C22H16ClN3O. The van der Waals surface area contributed by atoms with E-state index in [-0.39, 0.29) is 11.9 Å². The maximum atomic E-state index is 9.63. The molecule has 5 rings (SSSR count). The van der Waals surface area contributed by atoms with Crippen LogP contribution in [0.2, 0.25) is 5.02 Å². The molecule has 27 heavy (non-hydrogen) atoms. The van der Waals surface area contributed by atoms with Crippen LogP contribution in [0.1, 0.15) is 11.7 Å². The monoisotopic (exact) mass is 373 g/mol. The first-order chi connectivity index (χ1) is 13.2. The molecule has 0 saturated carbocycles. The van der Waals surface area contributed by atoms with Crippen LogP contribution in [0.25, 0.3) is 22.5 Å². The van der Waals surface area contributed by atoms with E-state index in [4.69, 9.17) is 16.7 Å². The lowest BCUT2D eigenvalue weighted by Crippen LogP contribution is -2.25. The molecule has 2 heterocycles. The van der Waals surface area contributed by atoms with Crippen molar-refractivity contribution in [2.24, 2.45) is 0 Å². The highest BCUT2D eigenvalue weighted by atomic mass is 35.5. The van der Waals surface area contributed by atoms with Crippen LogP contribution in [0.15, 0.2) is 78.9 Å². The molecule has 5 heteroatoms. The fourth-order valence-corrected chi connectivity index (χ4v) is 3.60. The second-order valence-corrected chi connectivity index (χ2v) is 6.99. The van der Waals surface area contributed by atoms with Crippen LogP contribution >= 0.6 is 11.6 Å². The molecule has 3 aromatic carbocycles. The van der Waals surface area contributed by atoms with Gasteiger partial charge in [0.15, 0.2) is 0 Å². The van der Waals surface area contributed by atoms with Crippen molar-refractivity contribution < 1.29 is 5.11 Å². The summed E-state index contributed by atoms with van der Waals surface area (Å²) in [5.41, 5.74) is 6.15. The van der Waals surface area contributed by atoms with Gasteiger partial charge in [-0.2, -0.15) is 5.10 Å². The van der Waals surface area contributed by atoms with E-state index in [1.54, 1.807) is 12.1 Å². The Morgan fingerprint density at radius 3 is 2.44 bits per heavy atom. The Labute approximate surface area is 161 Å². The van der Waals surface area contributed by atoms with Gasteiger partial charge < -0.3 is 10.4 Å². The number of phenols is 1. The molecule has 0 bridgehead atoms. The molecule has 132 valence electrons. The van der Waals surface area contributed by atoms with Crippen molar-refractivity contribution in [1.29, 1.82) is 0 Å². The SMILES string of the molecule is Oc1ccc(C2Nc3ccccc3-c3cc(-c4ccc(Cl)cc4)nn32)cc1. The van der Waals surface area contributed by atoms with E-state index in [2.05, 4.69) is 23.5 Å². The van der Waals surface area contributed by atoms with Gasteiger partial charge in [0.25, 0.3) is 0 Å². The molecular weight excluding hydrogens is 358 g/mol. The summed E-state index contributed by atoms with van der Waals surface area (Å²) in [6, 6.07) is 25.2. The quantitative estimate of drug-likeness (QED) is 0.484. The predicted molar refractivity (Wildman–Crippen MR) is 108 cm³/mol. The van der Waals surface area contributed by atoms with Crippen molar-refractivity contribution in [2.75, 3.05) is 5.32 Å². The summed E-state index contributed by atoms with van der Waals surface area (Å²) >= 11 is 6.03. The van der Waals surface area contributed by atoms with Gasteiger partial charge in [0, 0.05) is 21.8 Å². The van der Waals surface area contributed by atoms with Gasteiger partial charge >= 0.3 is 0 Å². The number of benzene rings is 3. The molecule has 4 aromatic rings. The first kappa shape index (κ1) is 16.0. The molecule has 1 atom stereocenters. The Morgan fingerprint density at radius 2 is 1.67 bits per heavy atom. The summed E-state index contributed by atoms with van der Waals surface area (Å²) < 4.78 is 2.00. The van der Waals surface area contributed by atoms with Crippen molar-refractivity contribution >= 4 is 17.3 Å². The molecule has 1 aromatic heterocycles. The number of anilines is 1. The molecule has 1 aliphatic rings. The summed E-state index contributed by atoms with van der Waals surface area (Å²) in [7, 11) is 0. The third-order valence-electron chi connectivity index (χ3n) is 4.82. The van der Waals surface area contributed by atoms with Crippen molar-refractivity contribution in [3.05, 3.63) is 89.4 Å². The van der Waals surface area contributed by atoms with Crippen LogP contribution in [0.3, 0.4) is 0 Å². The molecule has 1 aliphatic heterocycles. The number of hydrogen-bond donors (Lipinski definition) is 2. The first-order valence-electron chi connectivity index (χ1n) is 8.69. The van der Waals surface area contributed by atoms with Crippen molar-refractivity contribution in [2.45, 2.75) is 6.17 Å². The number of nitrogens with zero attached hydrogens (tertiary/aromatic N) is 2. The number of rotatable bonds is 2. The minimum Gasteiger partial charge on any atom is -0.508 e. The molecule has 0 aliphatic carbocycles. The average Bonchev–Trinajstić information content (AvgIpc) is 3.14. The maximum Gasteiger partial charge on any atom is 0.147 e. The molecule has 0 radical (unpaired) electrons. The van der Waals surface area contributed by atoms with Crippen molar-refractivity contribution in [3.8, 4) is 28.3 Å². The lowest BCUT2D eigenvalue weighted by molar-refractivity contribution is 0.474. The Balaban J connectivity index is 1.68. The summed E-state index contributed by atoms with van der Waals surface area (Å²) in [5.74, 6) is 0.248. The van der Waals surface area contributed by atoms with Gasteiger partial charge in [-0.05, 0) is 42.0 Å². The van der Waals surface area contributed by atoms with Crippen molar-refractivity contribution in [3.63, 3.8) is 0 Å². The van der Waals surface area contributed by atoms with Gasteiger partial charge in [0.05, 0.1) is 11.4 Å². The highest BCUT2D eigenvalue weighted by molar-refractivity contribution is 6.30. The van der Waals surface area contributed by atoms with E-state index < -0.39 is 0 Å². The number of para-hydroxylation sites is 1. The minimum atomic E-state index is -0.156. The average molecular weight is 374 g/mol. The molecule has 0 saturated heterocycles. The van der Waals surface area contributed by atoms with E-state index in [9.17, 15) is 5.11 Å². The topological polar surface area (TPSA) is 50.1 Å².